The van der Waals surface area contributed by atoms with E-state index >= 15 is 0 Å². The van der Waals surface area contributed by atoms with Crippen LogP contribution in [0.4, 0.5) is 0 Å². The maximum atomic E-state index is 2.39. The molecule has 1 rings (SSSR count). The van der Waals surface area contributed by atoms with Crippen LogP contribution in [0.3, 0.4) is 0 Å². The Morgan fingerprint density at radius 2 is 1.78 bits per heavy atom. The van der Waals surface area contributed by atoms with Crippen LogP contribution in [-0.4, -0.2) is 0 Å². The Morgan fingerprint density at radius 3 is 2.67 bits per heavy atom. The van der Waals surface area contributed by atoms with Crippen molar-refractivity contribution in [3.63, 3.8) is 0 Å². The Labute approximate surface area is 70.5 Å². The molecular formula is C8H13Rh-. The quantitative estimate of drug-likeness (QED) is 0.329. The third-order valence-electron chi connectivity index (χ3n) is 1.48. The summed E-state index contributed by atoms with van der Waals surface area (Å²) in [5.74, 6) is 0. The van der Waals surface area contributed by atoms with Crippen molar-refractivity contribution < 1.29 is 19.5 Å². The van der Waals surface area contributed by atoms with Crippen LogP contribution in [0.2, 0.25) is 0 Å². The molecule has 55 valence electrons. The molecule has 1 heteroatoms. The fourth-order valence-electron chi connectivity index (χ4n) is 0.974. The summed E-state index contributed by atoms with van der Waals surface area (Å²) in [5.41, 5.74) is 0. The Kier molecular flexibility index (Phi) is 6.74. The zero-order valence-electron chi connectivity index (χ0n) is 5.60. The molecular weight excluding hydrogens is 199 g/mol. The average Bonchev–Trinajstić information content (AvgIpc) is 1.62. The first-order valence-electron chi connectivity index (χ1n) is 3.47. The molecule has 0 aliphatic heterocycles. The van der Waals surface area contributed by atoms with Crippen LogP contribution in [0, 0.1) is 6.42 Å². The molecule has 0 saturated carbocycles. The van der Waals surface area contributed by atoms with Crippen LogP contribution in [0.25, 0.3) is 0 Å². The third-order valence-corrected chi connectivity index (χ3v) is 1.48. The largest absolute Gasteiger partial charge is 0.328 e. The minimum atomic E-state index is 0. The molecule has 0 aromatic rings. The van der Waals surface area contributed by atoms with E-state index in [-0.39, 0.29) is 19.5 Å². The van der Waals surface area contributed by atoms with Gasteiger partial charge in [-0.05, 0) is 6.42 Å². The molecule has 0 saturated heterocycles. The summed E-state index contributed by atoms with van der Waals surface area (Å²) in [4.78, 5) is 0. The summed E-state index contributed by atoms with van der Waals surface area (Å²) in [5, 5.41) is 0. The van der Waals surface area contributed by atoms with Crippen LogP contribution < -0.4 is 0 Å². The predicted molar refractivity (Wildman–Crippen MR) is 36.5 cm³/mol. The van der Waals surface area contributed by atoms with Gasteiger partial charge in [0.15, 0.2) is 0 Å². The van der Waals surface area contributed by atoms with Gasteiger partial charge in [-0.3, -0.25) is 0 Å². The molecule has 0 nitrogen and oxygen atoms in total. The van der Waals surface area contributed by atoms with E-state index in [0.717, 1.165) is 0 Å². The second kappa shape index (κ2) is 6.48. The van der Waals surface area contributed by atoms with Gasteiger partial charge in [0.1, 0.15) is 0 Å². The average molecular weight is 212 g/mol. The second-order valence-corrected chi connectivity index (χ2v) is 2.27. The smallest absolute Gasteiger partial charge is 0 e. The SMILES string of the molecule is C1=C\CCC[CH-]CC/1.[Rh]. The van der Waals surface area contributed by atoms with Gasteiger partial charge in [-0.25, -0.2) is 0 Å². The van der Waals surface area contributed by atoms with E-state index in [4.69, 9.17) is 0 Å². The summed E-state index contributed by atoms with van der Waals surface area (Å²) >= 11 is 0. The number of allylic oxidation sites excluding steroid dienone is 2. The van der Waals surface area contributed by atoms with Gasteiger partial charge in [-0.2, -0.15) is 12.8 Å². The van der Waals surface area contributed by atoms with Gasteiger partial charge in [-0.15, -0.1) is 0 Å². The molecule has 0 amide bonds. The van der Waals surface area contributed by atoms with Crippen LogP contribution in [0.5, 0.6) is 0 Å². The molecule has 0 N–H and O–H groups in total. The van der Waals surface area contributed by atoms with Gasteiger partial charge in [0.2, 0.25) is 0 Å². The van der Waals surface area contributed by atoms with Crippen molar-refractivity contribution in [2.24, 2.45) is 0 Å². The molecule has 0 aromatic carbocycles. The molecule has 0 bridgehead atoms. The van der Waals surface area contributed by atoms with Crippen LogP contribution in [-0.2, 0) is 19.5 Å². The molecule has 0 spiro atoms. The zero-order chi connectivity index (χ0) is 5.66. The summed E-state index contributed by atoms with van der Waals surface area (Å²) < 4.78 is 0. The fraction of sp³-hybridized carbons (Fsp3) is 0.625. The Morgan fingerprint density at radius 1 is 1.00 bits per heavy atom. The van der Waals surface area contributed by atoms with Crippen molar-refractivity contribution in [1.82, 2.24) is 0 Å². The van der Waals surface area contributed by atoms with Gasteiger partial charge in [0.25, 0.3) is 0 Å². The Hall–Kier alpha value is 0.363. The van der Waals surface area contributed by atoms with Crippen molar-refractivity contribution in [2.45, 2.75) is 32.1 Å². The first kappa shape index (κ1) is 9.36. The van der Waals surface area contributed by atoms with Gasteiger partial charge in [0, 0.05) is 19.5 Å². The van der Waals surface area contributed by atoms with Crippen LogP contribution in [0.1, 0.15) is 32.1 Å². The van der Waals surface area contributed by atoms with E-state index < -0.39 is 0 Å². The molecule has 0 atom stereocenters. The summed E-state index contributed by atoms with van der Waals surface area (Å²) in [6.07, 6.45) is 13.5. The Bertz CT molecular complexity index is 66.6. The van der Waals surface area contributed by atoms with Gasteiger partial charge < -0.3 is 6.42 Å². The molecule has 1 aliphatic carbocycles. The van der Waals surface area contributed by atoms with E-state index in [1.165, 1.54) is 32.1 Å². The number of rotatable bonds is 0. The minimum Gasteiger partial charge on any atom is -0.328 e. The number of hydrogen-bond acceptors (Lipinski definition) is 0. The maximum absolute atomic E-state index is 2.39. The molecule has 1 aliphatic rings. The van der Waals surface area contributed by atoms with Crippen molar-refractivity contribution in [1.29, 1.82) is 0 Å². The summed E-state index contributed by atoms with van der Waals surface area (Å²) in [6, 6.07) is 0. The van der Waals surface area contributed by atoms with E-state index in [9.17, 15) is 0 Å². The van der Waals surface area contributed by atoms with Crippen LogP contribution >= 0.6 is 0 Å². The first-order valence-corrected chi connectivity index (χ1v) is 3.47. The van der Waals surface area contributed by atoms with Gasteiger partial charge in [0.05, 0.1) is 0 Å². The Balaban J connectivity index is 0.000000640. The summed E-state index contributed by atoms with van der Waals surface area (Å²) in [7, 11) is 0. The van der Waals surface area contributed by atoms with Crippen molar-refractivity contribution in [3.05, 3.63) is 18.6 Å². The third kappa shape index (κ3) is 4.84. The van der Waals surface area contributed by atoms with Crippen LogP contribution in [0.15, 0.2) is 12.2 Å². The molecule has 9 heavy (non-hydrogen) atoms. The molecule has 0 heterocycles. The maximum Gasteiger partial charge on any atom is 0 e. The van der Waals surface area contributed by atoms with Crippen molar-refractivity contribution in [3.8, 4) is 0 Å². The predicted octanol–water partition coefficient (Wildman–Crippen LogP) is 2.71. The molecule has 0 unspecified atom stereocenters. The van der Waals surface area contributed by atoms with Gasteiger partial charge in [-0.1, -0.05) is 25.0 Å². The molecule has 1 radical (unpaired) electrons. The summed E-state index contributed by atoms with van der Waals surface area (Å²) in [6.45, 7) is 0. The van der Waals surface area contributed by atoms with E-state index in [1.54, 1.807) is 0 Å². The van der Waals surface area contributed by atoms with E-state index in [0.29, 0.717) is 0 Å². The fourth-order valence-corrected chi connectivity index (χ4v) is 0.974. The van der Waals surface area contributed by atoms with Gasteiger partial charge >= 0.3 is 0 Å². The van der Waals surface area contributed by atoms with Crippen molar-refractivity contribution in [2.75, 3.05) is 0 Å². The first-order chi connectivity index (χ1) is 4.00. The second-order valence-electron chi connectivity index (χ2n) is 2.27. The standard InChI is InChI=1S/C8H13.Rh/c1-2-4-6-8-7-5-3-1;/h1-2,7H,3-6,8H2;/q-1;/b2-1-;. The van der Waals surface area contributed by atoms with Crippen molar-refractivity contribution >= 4 is 0 Å². The molecule has 0 fully saturated rings. The number of hydrogen-bond donors (Lipinski definition) is 0. The normalized spacial score (nSPS) is 23.1. The van der Waals surface area contributed by atoms with E-state index in [2.05, 4.69) is 18.6 Å². The topological polar surface area (TPSA) is 0 Å². The van der Waals surface area contributed by atoms with E-state index in [1.807, 2.05) is 0 Å². The zero-order valence-corrected chi connectivity index (χ0v) is 7.24. The monoisotopic (exact) mass is 212 g/mol. The molecule has 0 aromatic heterocycles. The minimum absolute atomic E-state index is 0.